The fourth-order valence-corrected chi connectivity index (χ4v) is 1.46. The quantitative estimate of drug-likeness (QED) is 0.837. The molecular weight excluding hydrogens is 256 g/mol. The van der Waals surface area contributed by atoms with Crippen molar-refractivity contribution in [2.24, 2.45) is 0 Å². The molecule has 0 saturated heterocycles. The van der Waals surface area contributed by atoms with E-state index < -0.39 is 17.6 Å². The van der Waals surface area contributed by atoms with Gasteiger partial charge >= 0.3 is 5.97 Å². The summed E-state index contributed by atoms with van der Waals surface area (Å²) in [6.07, 6.45) is 1.13. The van der Waals surface area contributed by atoms with Crippen LogP contribution in [0.15, 0.2) is 24.4 Å². The van der Waals surface area contributed by atoms with Crippen molar-refractivity contribution in [3.63, 3.8) is 0 Å². The molecule has 1 heterocycles. The SMILES string of the molecule is COC(=O)c1cnc(-c2ccc(F)cc2F)nc1N. The second-order valence-electron chi connectivity index (χ2n) is 3.61. The van der Waals surface area contributed by atoms with E-state index in [0.29, 0.717) is 6.07 Å². The summed E-state index contributed by atoms with van der Waals surface area (Å²) in [7, 11) is 1.19. The van der Waals surface area contributed by atoms with Gasteiger partial charge in [0, 0.05) is 12.3 Å². The van der Waals surface area contributed by atoms with Gasteiger partial charge in [0.15, 0.2) is 5.82 Å². The van der Waals surface area contributed by atoms with Crippen LogP contribution in [-0.4, -0.2) is 23.0 Å². The average molecular weight is 265 g/mol. The molecule has 0 aliphatic carbocycles. The van der Waals surface area contributed by atoms with Gasteiger partial charge in [-0.05, 0) is 12.1 Å². The minimum atomic E-state index is -0.815. The molecule has 0 aliphatic rings. The Morgan fingerprint density at radius 3 is 2.68 bits per heavy atom. The van der Waals surface area contributed by atoms with Gasteiger partial charge in [0.25, 0.3) is 0 Å². The fourth-order valence-electron chi connectivity index (χ4n) is 1.46. The molecule has 0 radical (unpaired) electrons. The summed E-state index contributed by atoms with van der Waals surface area (Å²) < 4.78 is 30.8. The van der Waals surface area contributed by atoms with E-state index in [0.717, 1.165) is 12.3 Å². The third-order valence-electron chi connectivity index (χ3n) is 2.40. The smallest absolute Gasteiger partial charge is 0.343 e. The molecule has 0 saturated carbocycles. The van der Waals surface area contributed by atoms with E-state index in [1.807, 2.05) is 0 Å². The lowest BCUT2D eigenvalue weighted by molar-refractivity contribution is 0.0601. The van der Waals surface area contributed by atoms with Crippen LogP contribution in [0.5, 0.6) is 0 Å². The highest BCUT2D eigenvalue weighted by Crippen LogP contribution is 2.21. The molecule has 0 unspecified atom stereocenters. The molecule has 2 rings (SSSR count). The molecule has 5 nitrogen and oxygen atoms in total. The second kappa shape index (κ2) is 4.97. The van der Waals surface area contributed by atoms with Crippen LogP contribution < -0.4 is 5.73 Å². The molecule has 0 atom stereocenters. The molecule has 7 heteroatoms. The Bertz CT molecular complexity index is 647. The van der Waals surface area contributed by atoms with Crippen molar-refractivity contribution in [2.45, 2.75) is 0 Å². The zero-order valence-electron chi connectivity index (χ0n) is 9.85. The van der Waals surface area contributed by atoms with Crippen LogP contribution in [-0.2, 0) is 4.74 Å². The minimum absolute atomic E-state index is 0.00971. The summed E-state index contributed by atoms with van der Waals surface area (Å²) in [4.78, 5) is 18.9. The van der Waals surface area contributed by atoms with Crippen LogP contribution in [0.3, 0.4) is 0 Å². The van der Waals surface area contributed by atoms with E-state index in [4.69, 9.17) is 5.73 Å². The standard InChI is InChI=1S/C12H9F2N3O2/c1-19-12(18)8-5-16-11(17-10(8)15)7-3-2-6(13)4-9(7)14/h2-5H,1H3,(H2,15,16,17). The summed E-state index contributed by atoms with van der Waals surface area (Å²) in [5, 5.41) is 0. The Kier molecular flexibility index (Phi) is 3.37. The van der Waals surface area contributed by atoms with E-state index >= 15 is 0 Å². The Balaban J connectivity index is 2.47. The predicted octanol–water partition coefficient (Wildman–Crippen LogP) is 1.79. The van der Waals surface area contributed by atoms with Crippen molar-refractivity contribution in [2.75, 3.05) is 12.8 Å². The number of esters is 1. The fraction of sp³-hybridized carbons (Fsp3) is 0.0833. The largest absolute Gasteiger partial charge is 0.465 e. The molecule has 0 bridgehead atoms. The number of aromatic nitrogens is 2. The van der Waals surface area contributed by atoms with Crippen LogP contribution in [0.25, 0.3) is 11.4 Å². The monoisotopic (exact) mass is 265 g/mol. The summed E-state index contributed by atoms with van der Waals surface area (Å²) in [6, 6.07) is 2.98. The number of ether oxygens (including phenoxy) is 1. The van der Waals surface area contributed by atoms with Gasteiger partial charge in [0.05, 0.1) is 12.7 Å². The Labute approximate surface area is 107 Å². The number of rotatable bonds is 2. The van der Waals surface area contributed by atoms with Crippen molar-refractivity contribution in [3.05, 3.63) is 41.6 Å². The van der Waals surface area contributed by atoms with Crippen LogP contribution in [0.2, 0.25) is 0 Å². The average Bonchev–Trinajstić information content (AvgIpc) is 2.37. The van der Waals surface area contributed by atoms with Gasteiger partial charge in [-0.15, -0.1) is 0 Å². The lowest BCUT2D eigenvalue weighted by atomic mass is 10.2. The first-order chi connectivity index (χ1) is 9.02. The first kappa shape index (κ1) is 12.9. The van der Waals surface area contributed by atoms with Gasteiger partial charge in [0.2, 0.25) is 0 Å². The Morgan fingerprint density at radius 2 is 2.11 bits per heavy atom. The van der Waals surface area contributed by atoms with Gasteiger partial charge in [0.1, 0.15) is 23.0 Å². The highest BCUT2D eigenvalue weighted by Gasteiger charge is 2.15. The second-order valence-corrected chi connectivity index (χ2v) is 3.61. The molecule has 1 aromatic heterocycles. The summed E-state index contributed by atoms with van der Waals surface area (Å²) in [5.74, 6) is -2.39. The number of carbonyl (C=O) groups is 1. The van der Waals surface area contributed by atoms with Crippen LogP contribution in [0.4, 0.5) is 14.6 Å². The lowest BCUT2D eigenvalue weighted by Crippen LogP contribution is -2.09. The van der Waals surface area contributed by atoms with Gasteiger partial charge in [-0.1, -0.05) is 0 Å². The predicted molar refractivity (Wildman–Crippen MR) is 63.1 cm³/mol. The van der Waals surface area contributed by atoms with E-state index in [1.165, 1.54) is 13.2 Å². The van der Waals surface area contributed by atoms with Gasteiger partial charge in [-0.25, -0.2) is 23.5 Å². The molecule has 2 aromatic rings. The maximum atomic E-state index is 13.5. The maximum Gasteiger partial charge on any atom is 0.343 e. The van der Waals surface area contributed by atoms with E-state index in [1.54, 1.807) is 0 Å². The van der Waals surface area contributed by atoms with Crippen molar-refractivity contribution < 1.29 is 18.3 Å². The van der Waals surface area contributed by atoms with Crippen LogP contribution >= 0.6 is 0 Å². The van der Waals surface area contributed by atoms with Crippen molar-refractivity contribution in [1.82, 2.24) is 9.97 Å². The van der Waals surface area contributed by atoms with Crippen molar-refractivity contribution in [1.29, 1.82) is 0 Å². The number of nitrogen functional groups attached to an aromatic ring is 1. The number of hydrogen-bond acceptors (Lipinski definition) is 5. The molecule has 0 aliphatic heterocycles. The number of nitrogens with two attached hydrogens (primary N) is 1. The minimum Gasteiger partial charge on any atom is -0.465 e. The van der Waals surface area contributed by atoms with E-state index in [-0.39, 0.29) is 22.8 Å². The molecule has 98 valence electrons. The molecule has 19 heavy (non-hydrogen) atoms. The Morgan fingerprint density at radius 1 is 1.37 bits per heavy atom. The normalized spacial score (nSPS) is 10.3. The van der Waals surface area contributed by atoms with Crippen molar-refractivity contribution >= 4 is 11.8 Å². The summed E-state index contributed by atoms with van der Waals surface area (Å²) >= 11 is 0. The van der Waals surface area contributed by atoms with Crippen molar-refractivity contribution in [3.8, 4) is 11.4 Å². The lowest BCUT2D eigenvalue weighted by Gasteiger charge is -2.06. The van der Waals surface area contributed by atoms with Gasteiger partial charge in [-0.2, -0.15) is 0 Å². The van der Waals surface area contributed by atoms with Gasteiger partial charge in [-0.3, -0.25) is 0 Å². The zero-order valence-corrected chi connectivity index (χ0v) is 9.85. The number of hydrogen-bond donors (Lipinski definition) is 1. The number of methoxy groups -OCH3 is 1. The molecule has 0 spiro atoms. The van der Waals surface area contributed by atoms with E-state index in [2.05, 4.69) is 14.7 Å². The summed E-state index contributed by atoms with van der Waals surface area (Å²) in [5.41, 5.74) is 5.54. The molecule has 2 N–H and O–H groups in total. The van der Waals surface area contributed by atoms with Crippen LogP contribution in [0.1, 0.15) is 10.4 Å². The third kappa shape index (κ3) is 2.49. The number of anilines is 1. The highest BCUT2D eigenvalue weighted by atomic mass is 19.1. The molecule has 1 aromatic carbocycles. The molecular formula is C12H9F2N3O2. The zero-order chi connectivity index (χ0) is 14.0. The molecule has 0 amide bonds. The number of carbonyl (C=O) groups excluding carboxylic acids is 1. The first-order valence-electron chi connectivity index (χ1n) is 5.19. The number of benzene rings is 1. The molecule has 0 fully saturated rings. The van der Waals surface area contributed by atoms with Gasteiger partial charge < -0.3 is 10.5 Å². The first-order valence-corrected chi connectivity index (χ1v) is 5.19. The number of halogens is 2. The third-order valence-corrected chi connectivity index (χ3v) is 2.40. The number of nitrogens with zero attached hydrogens (tertiary/aromatic N) is 2. The Hall–Kier alpha value is -2.57. The maximum absolute atomic E-state index is 13.5. The highest BCUT2D eigenvalue weighted by molar-refractivity contribution is 5.93. The van der Waals surface area contributed by atoms with Crippen LogP contribution in [0, 0.1) is 11.6 Å². The topological polar surface area (TPSA) is 78.1 Å². The van der Waals surface area contributed by atoms with E-state index in [9.17, 15) is 13.6 Å². The summed E-state index contributed by atoms with van der Waals surface area (Å²) in [6.45, 7) is 0.